The molecule has 5 nitrogen and oxygen atoms in total. The standard InChI is InChI=1S/C11H17N5/c1-12-10(11-4-5-13-16(11)3)6-9-7-14-15(2)8-9/h4-5,7-8,10,12H,6H2,1-3H3. The van der Waals surface area contributed by atoms with Gasteiger partial charge in [0.25, 0.3) is 0 Å². The second kappa shape index (κ2) is 4.49. The summed E-state index contributed by atoms with van der Waals surface area (Å²) >= 11 is 0. The highest BCUT2D eigenvalue weighted by atomic mass is 15.3. The summed E-state index contributed by atoms with van der Waals surface area (Å²) in [6, 6.07) is 2.31. The van der Waals surface area contributed by atoms with E-state index in [-0.39, 0.29) is 6.04 Å². The molecule has 16 heavy (non-hydrogen) atoms. The van der Waals surface area contributed by atoms with Gasteiger partial charge in [-0.15, -0.1) is 0 Å². The lowest BCUT2D eigenvalue weighted by Gasteiger charge is -2.15. The molecule has 86 valence electrons. The van der Waals surface area contributed by atoms with Crippen molar-refractivity contribution in [2.45, 2.75) is 12.5 Å². The van der Waals surface area contributed by atoms with Crippen LogP contribution in [0.3, 0.4) is 0 Å². The Labute approximate surface area is 95.1 Å². The number of hydrogen-bond donors (Lipinski definition) is 1. The average molecular weight is 219 g/mol. The van der Waals surface area contributed by atoms with E-state index in [1.54, 1.807) is 0 Å². The first-order chi connectivity index (χ1) is 7.70. The Kier molecular flexibility index (Phi) is 3.05. The smallest absolute Gasteiger partial charge is 0.0553 e. The van der Waals surface area contributed by atoms with Crippen molar-refractivity contribution in [1.82, 2.24) is 24.9 Å². The summed E-state index contributed by atoms with van der Waals surface area (Å²) in [4.78, 5) is 0. The number of hydrogen-bond acceptors (Lipinski definition) is 3. The Morgan fingerprint density at radius 3 is 2.69 bits per heavy atom. The number of rotatable bonds is 4. The molecular formula is C11H17N5. The molecule has 0 fully saturated rings. The van der Waals surface area contributed by atoms with Gasteiger partial charge in [0.1, 0.15) is 0 Å². The van der Waals surface area contributed by atoms with E-state index in [4.69, 9.17) is 0 Å². The largest absolute Gasteiger partial charge is 0.311 e. The van der Waals surface area contributed by atoms with Gasteiger partial charge in [0.05, 0.1) is 17.9 Å². The van der Waals surface area contributed by atoms with Crippen molar-refractivity contribution in [1.29, 1.82) is 0 Å². The molecule has 0 saturated carbocycles. The molecule has 0 amide bonds. The fourth-order valence-electron chi connectivity index (χ4n) is 1.89. The molecule has 0 aliphatic rings. The highest BCUT2D eigenvalue weighted by Crippen LogP contribution is 2.16. The molecule has 0 spiro atoms. The third-order valence-electron chi connectivity index (χ3n) is 2.76. The van der Waals surface area contributed by atoms with Crippen LogP contribution in [0.4, 0.5) is 0 Å². The zero-order chi connectivity index (χ0) is 11.5. The van der Waals surface area contributed by atoms with Gasteiger partial charge in [-0.2, -0.15) is 10.2 Å². The summed E-state index contributed by atoms with van der Waals surface area (Å²) in [6.45, 7) is 0. The molecule has 2 aromatic rings. The van der Waals surface area contributed by atoms with Crippen LogP contribution >= 0.6 is 0 Å². The van der Waals surface area contributed by atoms with Crippen molar-refractivity contribution < 1.29 is 0 Å². The maximum absolute atomic E-state index is 4.19. The van der Waals surface area contributed by atoms with Crippen LogP contribution < -0.4 is 5.32 Å². The minimum absolute atomic E-state index is 0.275. The van der Waals surface area contributed by atoms with Crippen molar-refractivity contribution in [3.05, 3.63) is 35.9 Å². The van der Waals surface area contributed by atoms with Crippen molar-refractivity contribution in [2.24, 2.45) is 14.1 Å². The predicted molar refractivity (Wildman–Crippen MR) is 61.9 cm³/mol. The maximum atomic E-state index is 4.19. The second-order valence-electron chi connectivity index (χ2n) is 3.95. The van der Waals surface area contributed by atoms with Crippen LogP contribution in [0.2, 0.25) is 0 Å². The van der Waals surface area contributed by atoms with E-state index in [0.717, 1.165) is 6.42 Å². The number of aromatic nitrogens is 4. The molecule has 0 bridgehead atoms. The number of likely N-dealkylation sites (N-methyl/N-ethyl adjacent to an activating group) is 1. The lowest BCUT2D eigenvalue weighted by molar-refractivity contribution is 0.537. The summed E-state index contributed by atoms with van der Waals surface area (Å²) in [5, 5.41) is 11.7. The van der Waals surface area contributed by atoms with Crippen LogP contribution in [-0.4, -0.2) is 26.6 Å². The molecule has 1 atom stereocenters. The molecule has 2 aromatic heterocycles. The summed E-state index contributed by atoms with van der Waals surface area (Å²) < 4.78 is 3.73. The Morgan fingerprint density at radius 2 is 2.19 bits per heavy atom. The molecule has 2 heterocycles. The van der Waals surface area contributed by atoms with E-state index >= 15 is 0 Å². The van der Waals surface area contributed by atoms with E-state index in [0.29, 0.717) is 0 Å². The third kappa shape index (κ3) is 2.14. The van der Waals surface area contributed by atoms with Gasteiger partial charge < -0.3 is 5.32 Å². The molecule has 0 aliphatic heterocycles. The maximum Gasteiger partial charge on any atom is 0.0553 e. The fourth-order valence-corrected chi connectivity index (χ4v) is 1.89. The van der Waals surface area contributed by atoms with Crippen LogP contribution in [0.15, 0.2) is 24.7 Å². The van der Waals surface area contributed by atoms with Gasteiger partial charge in [-0.1, -0.05) is 0 Å². The zero-order valence-electron chi connectivity index (χ0n) is 9.88. The summed E-state index contributed by atoms with van der Waals surface area (Å²) in [6.07, 6.45) is 6.69. The van der Waals surface area contributed by atoms with Gasteiger partial charge in [-0.3, -0.25) is 9.36 Å². The molecule has 1 N–H and O–H groups in total. The van der Waals surface area contributed by atoms with Gasteiger partial charge in [0.2, 0.25) is 0 Å². The van der Waals surface area contributed by atoms with Crippen molar-refractivity contribution in [3.8, 4) is 0 Å². The molecule has 0 saturated heterocycles. The van der Waals surface area contributed by atoms with Crippen LogP contribution in [-0.2, 0) is 20.5 Å². The van der Waals surface area contributed by atoms with Crippen molar-refractivity contribution in [3.63, 3.8) is 0 Å². The van der Waals surface area contributed by atoms with Gasteiger partial charge in [0.15, 0.2) is 0 Å². The Bertz CT molecular complexity index is 456. The highest BCUT2D eigenvalue weighted by Gasteiger charge is 2.14. The summed E-state index contributed by atoms with van der Waals surface area (Å²) in [5.74, 6) is 0. The molecule has 1 unspecified atom stereocenters. The highest BCUT2D eigenvalue weighted by molar-refractivity contribution is 5.13. The van der Waals surface area contributed by atoms with Crippen molar-refractivity contribution >= 4 is 0 Å². The zero-order valence-corrected chi connectivity index (χ0v) is 9.88. The number of nitrogens with zero attached hydrogens (tertiary/aromatic N) is 4. The molecule has 0 aromatic carbocycles. The molecule has 2 rings (SSSR count). The molecular weight excluding hydrogens is 202 g/mol. The van der Waals surface area contributed by atoms with Gasteiger partial charge in [-0.05, 0) is 25.1 Å². The van der Waals surface area contributed by atoms with E-state index in [9.17, 15) is 0 Å². The lowest BCUT2D eigenvalue weighted by Crippen LogP contribution is -2.21. The topological polar surface area (TPSA) is 47.7 Å². The van der Waals surface area contributed by atoms with E-state index in [1.165, 1.54) is 11.3 Å². The van der Waals surface area contributed by atoms with E-state index < -0.39 is 0 Å². The Hall–Kier alpha value is -1.62. The van der Waals surface area contributed by atoms with Crippen LogP contribution in [0.25, 0.3) is 0 Å². The minimum atomic E-state index is 0.275. The quantitative estimate of drug-likeness (QED) is 0.821. The van der Waals surface area contributed by atoms with Gasteiger partial charge in [0, 0.05) is 26.5 Å². The normalized spacial score (nSPS) is 12.9. The van der Waals surface area contributed by atoms with Crippen LogP contribution in [0.5, 0.6) is 0 Å². The first kappa shape index (κ1) is 10.9. The monoisotopic (exact) mass is 219 g/mol. The van der Waals surface area contributed by atoms with Gasteiger partial charge in [-0.25, -0.2) is 0 Å². The average Bonchev–Trinajstić information content (AvgIpc) is 2.84. The minimum Gasteiger partial charge on any atom is -0.311 e. The number of nitrogens with one attached hydrogen (secondary N) is 1. The Balaban J connectivity index is 2.15. The van der Waals surface area contributed by atoms with E-state index in [2.05, 4.69) is 15.5 Å². The first-order valence-electron chi connectivity index (χ1n) is 5.33. The van der Waals surface area contributed by atoms with E-state index in [1.807, 2.05) is 55.2 Å². The molecule has 0 radical (unpaired) electrons. The first-order valence-corrected chi connectivity index (χ1v) is 5.33. The van der Waals surface area contributed by atoms with Crippen molar-refractivity contribution in [2.75, 3.05) is 7.05 Å². The van der Waals surface area contributed by atoms with Crippen LogP contribution in [0.1, 0.15) is 17.3 Å². The molecule has 5 heteroatoms. The van der Waals surface area contributed by atoms with Crippen LogP contribution in [0, 0.1) is 0 Å². The van der Waals surface area contributed by atoms with Gasteiger partial charge >= 0.3 is 0 Å². The fraction of sp³-hybridized carbons (Fsp3) is 0.455. The second-order valence-corrected chi connectivity index (χ2v) is 3.95. The Morgan fingerprint density at radius 1 is 1.38 bits per heavy atom. The summed E-state index contributed by atoms with van der Waals surface area (Å²) in [7, 11) is 5.86. The SMILES string of the molecule is CNC(Cc1cnn(C)c1)c1ccnn1C. The lowest BCUT2D eigenvalue weighted by atomic mass is 10.1. The molecule has 0 aliphatic carbocycles. The third-order valence-corrected chi connectivity index (χ3v) is 2.76. The number of aryl methyl sites for hydroxylation is 2. The summed E-state index contributed by atoms with van der Waals surface area (Å²) in [5.41, 5.74) is 2.41. The predicted octanol–water partition coefficient (Wildman–Crippen LogP) is 0.657.